The van der Waals surface area contributed by atoms with Crippen LogP contribution >= 0.6 is 22.6 Å². The van der Waals surface area contributed by atoms with Gasteiger partial charge in [-0.15, -0.1) is 0 Å². The van der Waals surface area contributed by atoms with Gasteiger partial charge in [-0.2, -0.15) is 5.10 Å². The largest absolute Gasteiger partial charge is 0.381 e. The lowest BCUT2D eigenvalue weighted by atomic mass is 10.0. The summed E-state index contributed by atoms with van der Waals surface area (Å²) in [6.07, 6.45) is 2.35. The van der Waals surface area contributed by atoms with Crippen LogP contribution in [0.1, 0.15) is 24.2 Å². The van der Waals surface area contributed by atoms with E-state index < -0.39 is 0 Å². The van der Waals surface area contributed by atoms with Crippen molar-refractivity contribution in [3.8, 4) is 0 Å². The van der Waals surface area contributed by atoms with Crippen LogP contribution in [0.25, 0.3) is 0 Å². The summed E-state index contributed by atoms with van der Waals surface area (Å²) >= 11 is 2.38. The molecule has 0 radical (unpaired) electrons. The lowest BCUT2D eigenvalue weighted by Crippen LogP contribution is -2.21. The van der Waals surface area contributed by atoms with Crippen molar-refractivity contribution in [2.45, 2.75) is 33.2 Å². The lowest BCUT2D eigenvalue weighted by Gasteiger charge is -2.22. The summed E-state index contributed by atoms with van der Waals surface area (Å²) in [4.78, 5) is 0. The molecule has 1 aromatic heterocycles. The Morgan fingerprint density at radius 3 is 2.60 bits per heavy atom. The molecule has 84 valence electrons. The molecule has 0 unspecified atom stereocenters. The smallest absolute Gasteiger partial charge is 0.0729 e. The van der Waals surface area contributed by atoms with Crippen molar-refractivity contribution in [3.05, 3.63) is 15.0 Å². The highest BCUT2D eigenvalue weighted by Gasteiger charge is 2.17. The summed E-state index contributed by atoms with van der Waals surface area (Å²) in [6.45, 7) is 7.12. The van der Waals surface area contributed by atoms with E-state index in [1.807, 2.05) is 0 Å². The van der Waals surface area contributed by atoms with Gasteiger partial charge in [-0.3, -0.25) is 4.68 Å². The summed E-state index contributed by atoms with van der Waals surface area (Å²) in [6, 6.07) is 0. The highest BCUT2D eigenvalue weighted by molar-refractivity contribution is 14.1. The van der Waals surface area contributed by atoms with E-state index >= 15 is 0 Å². The predicted octanol–water partition coefficient (Wildman–Crippen LogP) is 2.53. The molecule has 4 heteroatoms. The molecule has 1 aliphatic rings. The van der Waals surface area contributed by atoms with Crippen LogP contribution in [0.4, 0.5) is 0 Å². The Labute approximate surface area is 104 Å². The maximum absolute atomic E-state index is 5.37. The molecule has 1 fully saturated rings. The van der Waals surface area contributed by atoms with Crippen molar-refractivity contribution in [1.29, 1.82) is 0 Å². The SMILES string of the molecule is Cc1nn(CC2CCOCC2)c(C)c1I. The van der Waals surface area contributed by atoms with E-state index in [1.165, 1.54) is 22.1 Å². The molecule has 0 saturated carbocycles. The molecular weight excluding hydrogens is 303 g/mol. The summed E-state index contributed by atoms with van der Waals surface area (Å²) < 4.78 is 8.83. The molecule has 1 saturated heterocycles. The average Bonchev–Trinajstić information content (AvgIpc) is 2.48. The minimum Gasteiger partial charge on any atom is -0.381 e. The van der Waals surface area contributed by atoms with E-state index in [9.17, 15) is 0 Å². The van der Waals surface area contributed by atoms with Crippen LogP contribution in [0.2, 0.25) is 0 Å². The van der Waals surface area contributed by atoms with Crippen LogP contribution in [-0.2, 0) is 11.3 Å². The average molecular weight is 320 g/mol. The monoisotopic (exact) mass is 320 g/mol. The van der Waals surface area contributed by atoms with Crippen molar-refractivity contribution < 1.29 is 4.74 Å². The number of halogens is 1. The Morgan fingerprint density at radius 1 is 1.40 bits per heavy atom. The third-order valence-corrected chi connectivity index (χ3v) is 4.63. The van der Waals surface area contributed by atoms with Crippen LogP contribution in [0.5, 0.6) is 0 Å². The summed E-state index contributed by atoms with van der Waals surface area (Å²) in [7, 11) is 0. The fourth-order valence-corrected chi connectivity index (χ4v) is 2.41. The number of nitrogens with zero attached hydrogens (tertiary/aromatic N) is 2. The predicted molar refractivity (Wildman–Crippen MR) is 68.0 cm³/mol. The fraction of sp³-hybridized carbons (Fsp3) is 0.727. The van der Waals surface area contributed by atoms with Gasteiger partial charge in [-0.25, -0.2) is 0 Å². The summed E-state index contributed by atoms with van der Waals surface area (Å²) in [5.41, 5.74) is 2.46. The first-order valence-electron chi connectivity index (χ1n) is 5.45. The summed E-state index contributed by atoms with van der Waals surface area (Å²) in [5, 5.41) is 4.57. The van der Waals surface area contributed by atoms with Gasteiger partial charge in [0.1, 0.15) is 0 Å². The first-order chi connectivity index (χ1) is 7.18. The van der Waals surface area contributed by atoms with Crippen molar-refractivity contribution in [2.75, 3.05) is 13.2 Å². The first kappa shape index (κ1) is 11.4. The number of ether oxygens (including phenoxy) is 1. The molecule has 3 nitrogen and oxygen atoms in total. The van der Waals surface area contributed by atoms with Crippen LogP contribution in [-0.4, -0.2) is 23.0 Å². The first-order valence-corrected chi connectivity index (χ1v) is 6.53. The number of aromatic nitrogens is 2. The molecular formula is C11H17IN2O. The van der Waals surface area contributed by atoms with E-state index in [2.05, 4.69) is 46.2 Å². The van der Waals surface area contributed by atoms with Gasteiger partial charge in [0.25, 0.3) is 0 Å². The van der Waals surface area contributed by atoms with Crippen molar-refractivity contribution >= 4 is 22.6 Å². The maximum Gasteiger partial charge on any atom is 0.0729 e. The minimum atomic E-state index is 0.743. The van der Waals surface area contributed by atoms with Crippen LogP contribution < -0.4 is 0 Å². The highest BCUT2D eigenvalue weighted by atomic mass is 127. The van der Waals surface area contributed by atoms with Gasteiger partial charge >= 0.3 is 0 Å². The normalized spacial score (nSPS) is 18.3. The minimum absolute atomic E-state index is 0.743. The lowest BCUT2D eigenvalue weighted by molar-refractivity contribution is 0.0599. The van der Waals surface area contributed by atoms with E-state index in [4.69, 9.17) is 4.74 Å². The van der Waals surface area contributed by atoms with Gasteiger partial charge in [0.2, 0.25) is 0 Å². The Bertz CT molecular complexity index is 343. The van der Waals surface area contributed by atoms with Crippen LogP contribution in [0.3, 0.4) is 0 Å². The topological polar surface area (TPSA) is 27.1 Å². The molecule has 0 spiro atoms. The zero-order valence-electron chi connectivity index (χ0n) is 9.29. The van der Waals surface area contributed by atoms with E-state index in [1.54, 1.807) is 0 Å². The Kier molecular flexibility index (Phi) is 3.66. The van der Waals surface area contributed by atoms with Gasteiger partial charge in [-0.1, -0.05) is 0 Å². The summed E-state index contributed by atoms with van der Waals surface area (Å²) in [5.74, 6) is 0.743. The Balaban J connectivity index is 2.06. The van der Waals surface area contributed by atoms with Crippen molar-refractivity contribution in [2.24, 2.45) is 5.92 Å². The quantitative estimate of drug-likeness (QED) is 0.783. The molecule has 1 aromatic rings. The van der Waals surface area contributed by atoms with Gasteiger partial charge in [0.15, 0.2) is 0 Å². The van der Waals surface area contributed by atoms with E-state index in [0.717, 1.165) is 31.4 Å². The second-order valence-corrected chi connectivity index (χ2v) is 5.30. The number of aryl methyl sites for hydroxylation is 1. The van der Waals surface area contributed by atoms with Gasteiger partial charge in [0, 0.05) is 25.5 Å². The van der Waals surface area contributed by atoms with Crippen LogP contribution in [0.15, 0.2) is 0 Å². The zero-order chi connectivity index (χ0) is 10.8. The molecule has 0 aromatic carbocycles. The number of hydrogen-bond acceptors (Lipinski definition) is 2. The second kappa shape index (κ2) is 4.82. The number of rotatable bonds is 2. The maximum atomic E-state index is 5.37. The molecule has 2 rings (SSSR count). The molecule has 1 aliphatic heterocycles. The zero-order valence-corrected chi connectivity index (χ0v) is 11.5. The third-order valence-electron chi connectivity index (χ3n) is 3.07. The molecule has 0 aliphatic carbocycles. The standard InChI is InChI=1S/C11H17IN2O/c1-8-11(12)9(2)14(13-8)7-10-3-5-15-6-4-10/h10H,3-7H2,1-2H3. The third kappa shape index (κ3) is 2.53. The molecule has 15 heavy (non-hydrogen) atoms. The molecule has 0 bridgehead atoms. The Hall–Kier alpha value is -0.100. The van der Waals surface area contributed by atoms with Gasteiger partial charge in [-0.05, 0) is 55.2 Å². The molecule has 0 N–H and O–H groups in total. The Morgan fingerprint density at radius 2 is 2.07 bits per heavy atom. The molecule has 2 heterocycles. The second-order valence-electron chi connectivity index (χ2n) is 4.22. The van der Waals surface area contributed by atoms with Gasteiger partial charge < -0.3 is 4.74 Å². The highest BCUT2D eigenvalue weighted by Crippen LogP contribution is 2.20. The van der Waals surface area contributed by atoms with Crippen molar-refractivity contribution in [3.63, 3.8) is 0 Å². The molecule has 0 atom stereocenters. The van der Waals surface area contributed by atoms with Crippen molar-refractivity contribution in [1.82, 2.24) is 9.78 Å². The van der Waals surface area contributed by atoms with Crippen LogP contribution in [0, 0.1) is 23.3 Å². The van der Waals surface area contributed by atoms with E-state index in [-0.39, 0.29) is 0 Å². The van der Waals surface area contributed by atoms with E-state index in [0.29, 0.717) is 0 Å². The number of hydrogen-bond donors (Lipinski definition) is 0. The fourth-order valence-electron chi connectivity index (χ4n) is 2.03. The van der Waals surface area contributed by atoms with Gasteiger partial charge in [0.05, 0.1) is 9.26 Å². The molecule has 0 amide bonds.